The Kier molecular flexibility index (Phi) is 4.95. The number of nitrogens with zero attached hydrogens (tertiary/aromatic N) is 1. The molecule has 0 spiro atoms. The van der Waals surface area contributed by atoms with Crippen molar-refractivity contribution in [1.29, 1.82) is 0 Å². The standard InChI is InChI=1S/C20H20FNO3S/c21-8-1-9-22-11-17(12-22)24-15-3-5-16(6-4-15)25-19-13-26-20-10-14(23)2-7-18(19)20/h2-7,10,13,17,23H,1,8-9,11-12H2. The molecule has 2 heterocycles. The normalized spacial score (nSPS) is 15.1. The van der Waals surface area contributed by atoms with Gasteiger partial charge in [0, 0.05) is 35.1 Å². The second-order valence-corrected chi connectivity index (χ2v) is 7.31. The van der Waals surface area contributed by atoms with Crippen LogP contribution in [-0.2, 0) is 0 Å². The highest BCUT2D eigenvalue weighted by Crippen LogP contribution is 2.37. The van der Waals surface area contributed by atoms with E-state index in [1.165, 1.54) is 11.3 Å². The molecule has 1 aliphatic heterocycles. The maximum Gasteiger partial charge on any atom is 0.145 e. The summed E-state index contributed by atoms with van der Waals surface area (Å²) in [5, 5.41) is 12.5. The molecule has 2 aromatic carbocycles. The van der Waals surface area contributed by atoms with E-state index in [1.54, 1.807) is 12.1 Å². The van der Waals surface area contributed by atoms with Gasteiger partial charge in [-0.05, 0) is 48.9 Å². The SMILES string of the molecule is Oc1ccc2c(Oc3ccc(OC4CN(CCCF)C4)cc3)csc2c1. The van der Waals surface area contributed by atoms with Crippen LogP contribution in [0.15, 0.2) is 47.8 Å². The van der Waals surface area contributed by atoms with E-state index < -0.39 is 0 Å². The first-order chi connectivity index (χ1) is 12.7. The molecule has 4 nitrogen and oxygen atoms in total. The fourth-order valence-electron chi connectivity index (χ4n) is 3.04. The van der Waals surface area contributed by atoms with Crippen molar-refractivity contribution in [3.63, 3.8) is 0 Å². The Labute approximate surface area is 155 Å². The molecule has 0 bridgehead atoms. The minimum atomic E-state index is -0.260. The predicted molar refractivity (Wildman–Crippen MR) is 101 cm³/mol. The Morgan fingerprint density at radius 2 is 1.88 bits per heavy atom. The zero-order valence-electron chi connectivity index (χ0n) is 14.2. The largest absolute Gasteiger partial charge is 0.508 e. The fourth-order valence-corrected chi connectivity index (χ4v) is 3.93. The highest BCUT2D eigenvalue weighted by atomic mass is 32.1. The molecular formula is C20H20FNO3S. The van der Waals surface area contributed by atoms with E-state index in [4.69, 9.17) is 9.47 Å². The van der Waals surface area contributed by atoms with Crippen molar-refractivity contribution in [2.75, 3.05) is 26.3 Å². The number of ether oxygens (including phenoxy) is 2. The summed E-state index contributed by atoms with van der Waals surface area (Å²) in [6.45, 7) is 2.25. The van der Waals surface area contributed by atoms with Crippen LogP contribution in [0.25, 0.3) is 10.1 Å². The summed E-state index contributed by atoms with van der Waals surface area (Å²) in [4.78, 5) is 2.20. The Balaban J connectivity index is 1.34. The smallest absolute Gasteiger partial charge is 0.145 e. The van der Waals surface area contributed by atoms with Crippen LogP contribution in [-0.4, -0.2) is 42.4 Å². The molecule has 0 radical (unpaired) electrons. The molecule has 0 aliphatic carbocycles. The average molecular weight is 373 g/mol. The van der Waals surface area contributed by atoms with E-state index in [0.717, 1.165) is 47.0 Å². The lowest BCUT2D eigenvalue weighted by molar-refractivity contribution is 0.0184. The fraction of sp³-hybridized carbons (Fsp3) is 0.300. The Hall–Kier alpha value is -2.31. The third-order valence-corrected chi connectivity index (χ3v) is 5.33. The number of alkyl halides is 1. The molecule has 3 aromatic rings. The number of phenols is 1. The minimum absolute atomic E-state index is 0.176. The number of phenolic OH excluding ortho intramolecular Hbond substituents is 1. The van der Waals surface area contributed by atoms with Crippen molar-refractivity contribution in [3.8, 4) is 23.0 Å². The van der Waals surface area contributed by atoms with Gasteiger partial charge in [-0.15, -0.1) is 11.3 Å². The minimum Gasteiger partial charge on any atom is -0.508 e. The third-order valence-electron chi connectivity index (χ3n) is 4.41. The molecule has 4 rings (SSSR count). The van der Waals surface area contributed by atoms with Crippen LogP contribution in [0.3, 0.4) is 0 Å². The number of halogens is 1. The third kappa shape index (κ3) is 3.76. The van der Waals surface area contributed by atoms with Crippen molar-refractivity contribution in [3.05, 3.63) is 47.8 Å². The van der Waals surface area contributed by atoms with Gasteiger partial charge in [-0.3, -0.25) is 9.29 Å². The molecule has 1 aromatic heterocycles. The van der Waals surface area contributed by atoms with Crippen LogP contribution in [0, 0.1) is 0 Å². The Morgan fingerprint density at radius 3 is 2.65 bits per heavy atom. The first-order valence-electron chi connectivity index (χ1n) is 8.64. The lowest BCUT2D eigenvalue weighted by Gasteiger charge is -2.38. The van der Waals surface area contributed by atoms with Gasteiger partial charge >= 0.3 is 0 Å². The van der Waals surface area contributed by atoms with E-state index in [0.29, 0.717) is 6.42 Å². The highest BCUT2D eigenvalue weighted by molar-refractivity contribution is 7.17. The zero-order valence-corrected chi connectivity index (χ0v) is 15.0. The number of thiophene rings is 1. The van der Waals surface area contributed by atoms with E-state index in [9.17, 15) is 9.50 Å². The molecule has 1 N–H and O–H groups in total. The number of aromatic hydroxyl groups is 1. The molecule has 0 amide bonds. The van der Waals surface area contributed by atoms with Gasteiger partial charge in [0.25, 0.3) is 0 Å². The summed E-state index contributed by atoms with van der Waals surface area (Å²) in [6.07, 6.45) is 0.769. The summed E-state index contributed by atoms with van der Waals surface area (Å²) in [5.41, 5.74) is 0. The first-order valence-corrected chi connectivity index (χ1v) is 9.52. The van der Waals surface area contributed by atoms with E-state index in [2.05, 4.69) is 4.90 Å². The van der Waals surface area contributed by atoms with E-state index >= 15 is 0 Å². The zero-order chi connectivity index (χ0) is 17.9. The maximum absolute atomic E-state index is 12.2. The van der Waals surface area contributed by atoms with Crippen LogP contribution >= 0.6 is 11.3 Å². The van der Waals surface area contributed by atoms with Crippen LogP contribution < -0.4 is 9.47 Å². The topological polar surface area (TPSA) is 41.9 Å². The lowest BCUT2D eigenvalue weighted by Crippen LogP contribution is -2.53. The van der Waals surface area contributed by atoms with E-state index in [-0.39, 0.29) is 18.5 Å². The van der Waals surface area contributed by atoms with Crippen LogP contribution in [0.1, 0.15) is 6.42 Å². The summed E-state index contributed by atoms with van der Waals surface area (Å²) in [6, 6.07) is 12.8. The van der Waals surface area contributed by atoms with Crippen LogP contribution in [0.4, 0.5) is 4.39 Å². The molecule has 136 valence electrons. The highest BCUT2D eigenvalue weighted by Gasteiger charge is 2.27. The Bertz CT molecular complexity index is 874. The molecule has 26 heavy (non-hydrogen) atoms. The van der Waals surface area contributed by atoms with Crippen molar-refractivity contribution in [2.45, 2.75) is 12.5 Å². The monoisotopic (exact) mass is 373 g/mol. The molecule has 6 heteroatoms. The molecule has 0 unspecified atom stereocenters. The van der Waals surface area contributed by atoms with Gasteiger partial charge in [-0.2, -0.15) is 0 Å². The second-order valence-electron chi connectivity index (χ2n) is 6.40. The van der Waals surface area contributed by atoms with Crippen LogP contribution in [0.5, 0.6) is 23.0 Å². The van der Waals surface area contributed by atoms with Gasteiger partial charge in [0.05, 0.1) is 6.67 Å². The van der Waals surface area contributed by atoms with Gasteiger partial charge in [-0.25, -0.2) is 0 Å². The molecule has 0 atom stereocenters. The summed E-state index contributed by atoms with van der Waals surface area (Å²) < 4.78 is 25.0. The number of fused-ring (bicyclic) bond motifs is 1. The second kappa shape index (κ2) is 7.51. The Morgan fingerprint density at radius 1 is 1.12 bits per heavy atom. The number of rotatable bonds is 7. The molecule has 1 saturated heterocycles. The number of benzene rings is 2. The van der Waals surface area contributed by atoms with Crippen LogP contribution in [0.2, 0.25) is 0 Å². The molecule has 1 fully saturated rings. The van der Waals surface area contributed by atoms with Crippen molar-refractivity contribution < 1.29 is 19.0 Å². The summed E-state index contributed by atoms with van der Waals surface area (Å²) in [5.74, 6) is 2.59. The van der Waals surface area contributed by atoms with Gasteiger partial charge in [0.2, 0.25) is 0 Å². The molecule has 1 aliphatic rings. The average Bonchev–Trinajstić information content (AvgIpc) is 3.00. The van der Waals surface area contributed by atoms with Crippen molar-refractivity contribution in [1.82, 2.24) is 4.90 Å². The summed E-state index contributed by atoms with van der Waals surface area (Å²) in [7, 11) is 0. The van der Waals surface area contributed by atoms with Gasteiger partial charge in [0.1, 0.15) is 29.1 Å². The lowest BCUT2D eigenvalue weighted by atomic mass is 10.1. The van der Waals surface area contributed by atoms with Crippen molar-refractivity contribution in [2.24, 2.45) is 0 Å². The van der Waals surface area contributed by atoms with Crippen molar-refractivity contribution >= 4 is 21.4 Å². The molecule has 0 saturated carbocycles. The quantitative estimate of drug-likeness (QED) is 0.645. The number of hydrogen-bond acceptors (Lipinski definition) is 5. The van der Waals surface area contributed by atoms with Gasteiger partial charge in [-0.1, -0.05) is 0 Å². The molecular weight excluding hydrogens is 353 g/mol. The predicted octanol–water partition coefficient (Wildman–Crippen LogP) is 4.82. The van der Waals surface area contributed by atoms with Gasteiger partial charge in [0.15, 0.2) is 0 Å². The maximum atomic E-state index is 12.2. The van der Waals surface area contributed by atoms with Gasteiger partial charge < -0.3 is 14.6 Å². The first kappa shape index (κ1) is 17.1. The summed E-state index contributed by atoms with van der Waals surface area (Å²) >= 11 is 1.54. The number of hydrogen-bond donors (Lipinski definition) is 1. The number of likely N-dealkylation sites (tertiary alicyclic amines) is 1. The van der Waals surface area contributed by atoms with E-state index in [1.807, 2.05) is 35.7 Å².